The highest BCUT2D eigenvalue weighted by Gasteiger charge is 2.22. The predicted octanol–water partition coefficient (Wildman–Crippen LogP) is 1.45. The molecule has 1 saturated heterocycles. The third-order valence-electron chi connectivity index (χ3n) is 2.28. The summed E-state index contributed by atoms with van der Waals surface area (Å²) in [6.45, 7) is 1.76. The fourth-order valence-electron chi connectivity index (χ4n) is 1.54. The molecule has 1 fully saturated rings. The molecule has 1 atom stereocenters. The van der Waals surface area contributed by atoms with Gasteiger partial charge < -0.3 is 9.94 Å². The van der Waals surface area contributed by atoms with E-state index in [0.717, 1.165) is 5.56 Å². The zero-order chi connectivity index (χ0) is 9.10. The second-order valence-electron chi connectivity index (χ2n) is 3.16. The summed E-state index contributed by atoms with van der Waals surface area (Å²) in [7, 11) is 0. The molecule has 0 bridgehead atoms. The van der Waals surface area contributed by atoms with Gasteiger partial charge in [0.15, 0.2) is 0 Å². The lowest BCUT2D eigenvalue weighted by atomic mass is 10.1. The van der Waals surface area contributed by atoms with Crippen LogP contribution in [0.1, 0.15) is 11.6 Å². The van der Waals surface area contributed by atoms with Crippen molar-refractivity contribution in [1.82, 2.24) is 5.06 Å². The number of morpholine rings is 1. The summed E-state index contributed by atoms with van der Waals surface area (Å²) in [5.74, 6) is 0. The maximum absolute atomic E-state index is 9.58. The van der Waals surface area contributed by atoms with Crippen LogP contribution in [0.3, 0.4) is 0 Å². The molecule has 1 heterocycles. The largest absolute Gasteiger partial charge is 0.378 e. The van der Waals surface area contributed by atoms with Crippen molar-refractivity contribution >= 4 is 0 Å². The SMILES string of the molecule is ON1CCOC[C@H]1c1ccccc1. The number of hydrogen-bond acceptors (Lipinski definition) is 3. The standard InChI is InChI=1S/C10H13NO2/c12-11-6-7-13-8-10(11)9-4-2-1-3-5-9/h1-5,10,12H,6-8H2/t10-/m0/s1. The highest BCUT2D eigenvalue weighted by atomic mass is 16.5. The molecule has 0 aromatic heterocycles. The topological polar surface area (TPSA) is 32.7 Å². The van der Waals surface area contributed by atoms with E-state index in [0.29, 0.717) is 19.8 Å². The minimum Gasteiger partial charge on any atom is -0.378 e. The smallest absolute Gasteiger partial charge is 0.0834 e. The van der Waals surface area contributed by atoms with Crippen LogP contribution in [-0.4, -0.2) is 30.0 Å². The average molecular weight is 179 g/mol. The van der Waals surface area contributed by atoms with Gasteiger partial charge in [0.1, 0.15) is 0 Å². The van der Waals surface area contributed by atoms with Gasteiger partial charge in [0.05, 0.1) is 19.3 Å². The molecule has 0 saturated carbocycles. The van der Waals surface area contributed by atoms with Crippen molar-refractivity contribution in [3.8, 4) is 0 Å². The highest BCUT2D eigenvalue weighted by molar-refractivity contribution is 5.18. The Kier molecular flexibility index (Phi) is 2.59. The lowest BCUT2D eigenvalue weighted by Crippen LogP contribution is -2.36. The molecule has 2 rings (SSSR count). The van der Waals surface area contributed by atoms with Crippen molar-refractivity contribution in [2.45, 2.75) is 6.04 Å². The number of ether oxygens (including phenoxy) is 1. The van der Waals surface area contributed by atoms with Gasteiger partial charge in [-0.3, -0.25) is 0 Å². The van der Waals surface area contributed by atoms with Crippen LogP contribution >= 0.6 is 0 Å². The van der Waals surface area contributed by atoms with Gasteiger partial charge in [0.25, 0.3) is 0 Å². The monoisotopic (exact) mass is 179 g/mol. The van der Waals surface area contributed by atoms with E-state index in [1.807, 2.05) is 30.3 Å². The molecule has 3 nitrogen and oxygen atoms in total. The minimum atomic E-state index is -0.00468. The van der Waals surface area contributed by atoms with Crippen molar-refractivity contribution in [3.63, 3.8) is 0 Å². The van der Waals surface area contributed by atoms with Crippen LogP contribution in [0, 0.1) is 0 Å². The Labute approximate surface area is 77.5 Å². The van der Waals surface area contributed by atoms with Crippen molar-refractivity contribution in [3.05, 3.63) is 35.9 Å². The summed E-state index contributed by atoms with van der Waals surface area (Å²) in [5.41, 5.74) is 1.10. The van der Waals surface area contributed by atoms with Gasteiger partial charge in [0, 0.05) is 6.54 Å². The second-order valence-corrected chi connectivity index (χ2v) is 3.16. The van der Waals surface area contributed by atoms with Gasteiger partial charge in [-0.05, 0) is 5.56 Å². The summed E-state index contributed by atoms with van der Waals surface area (Å²) in [5, 5.41) is 10.9. The first-order valence-corrected chi connectivity index (χ1v) is 4.46. The van der Waals surface area contributed by atoms with E-state index in [1.54, 1.807) is 0 Å². The van der Waals surface area contributed by atoms with Crippen LogP contribution < -0.4 is 0 Å². The molecule has 0 radical (unpaired) electrons. The van der Waals surface area contributed by atoms with Crippen LogP contribution in [-0.2, 0) is 4.74 Å². The molecule has 1 aromatic carbocycles. The Morgan fingerprint density at radius 3 is 2.77 bits per heavy atom. The molecular weight excluding hydrogens is 166 g/mol. The zero-order valence-corrected chi connectivity index (χ0v) is 7.39. The molecule has 13 heavy (non-hydrogen) atoms. The molecule has 0 unspecified atom stereocenters. The number of nitrogens with zero attached hydrogens (tertiary/aromatic N) is 1. The number of benzene rings is 1. The van der Waals surface area contributed by atoms with Gasteiger partial charge in [-0.15, -0.1) is 0 Å². The van der Waals surface area contributed by atoms with E-state index < -0.39 is 0 Å². The van der Waals surface area contributed by atoms with Crippen molar-refractivity contribution in [2.75, 3.05) is 19.8 Å². The minimum absolute atomic E-state index is 0.00468. The second kappa shape index (κ2) is 3.87. The third kappa shape index (κ3) is 1.88. The molecule has 0 spiro atoms. The molecule has 1 aliphatic rings. The van der Waals surface area contributed by atoms with Gasteiger partial charge in [0.2, 0.25) is 0 Å². The van der Waals surface area contributed by atoms with Gasteiger partial charge in [-0.2, -0.15) is 5.06 Å². The Bertz CT molecular complexity index is 263. The van der Waals surface area contributed by atoms with Crippen LogP contribution in [0.15, 0.2) is 30.3 Å². The molecule has 1 aromatic rings. The van der Waals surface area contributed by atoms with E-state index in [1.165, 1.54) is 5.06 Å². The first-order valence-electron chi connectivity index (χ1n) is 4.46. The van der Waals surface area contributed by atoms with E-state index in [4.69, 9.17) is 4.74 Å². The fraction of sp³-hybridized carbons (Fsp3) is 0.400. The first-order chi connectivity index (χ1) is 6.38. The fourth-order valence-corrected chi connectivity index (χ4v) is 1.54. The quantitative estimate of drug-likeness (QED) is 0.708. The lowest BCUT2D eigenvalue weighted by Gasteiger charge is -2.30. The summed E-state index contributed by atoms with van der Waals surface area (Å²) < 4.78 is 5.31. The van der Waals surface area contributed by atoms with Gasteiger partial charge in [-0.1, -0.05) is 30.3 Å². The summed E-state index contributed by atoms with van der Waals surface area (Å²) in [4.78, 5) is 0. The summed E-state index contributed by atoms with van der Waals surface area (Å²) in [6.07, 6.45) is 0. The van der Waals surface area contributed by atoms with E-state index in [-0.39, 0.29) is 6.04 Å². The molecule has 70 valence electrons. The maximum atomic E-state index is 9.58. The Balaban J connectivity index is 2.15. The average Bonchev–Trinajstić information content (AvgIpc) is 2.20. The van der Waals surface area contributed by atoms with Gasteiger partial charge >= 0.3 is 0 Å². The van der Waals surface area contributed by atoms with Crippen molar-refractivity contribution in [2.24, 2.45) is 0 Å². The highest BCUT2D eigenvalue weighted by Crippen LogP contribution is 2.21. The Morgan fingerprint density at radius 1 is 1.31 bits per heavy atom. The van der Waals surface area contributed by atoms with Crippen LogP contribution in [0.2, 0.25) is 0 Å². The van der Waals surface area contributed by atoms with Crippen LogP contribution in [0.5, 0.6) is 0 Å². The Morgan fingerprint density at radius 2 is 2.08 bits per heavy atom. The van der Waals surface area contributed by atoms with Crippen LogP contribution in [0.4, 0.5) is 0 Å². The van der Waals surface area contributed by atoms with Crippen molar-refractivity contribution < 1.29 is 9.94 Å². The number of hydroxylamine groups is 2. The molecule has 3 heteroatoms. The molecular formula is C10H13NO2. The first kappa shape index (κ1) is 8.69. The van der Waals surface area contributed by atoms with E-state index in [2.05, 4.69) is 0 Å². The van der Waals surface area contributed by atoms with Crippen LogP contribution in [0.25, 0.3) is 0 Å². The maximum Gasteiger partial charge on any atom is 0.0834 e. The third-order valence-corrected chi connectivity index (χ3v) is 2.28. The lowest BCUT2D eigenvalue weighted by molar-refractivity contribution is -0.183. The molecule has 1 aliphatic heterocycles. The normalized spacial score (nSPS) is 24.5. The van der Waals surface area contributed by atoms with E-state index in [9.17, 15) is 5.21 Å². The predicted molar refractivity (Wildman–Crippen MR) is 48.5 cm³/mol. The summed E-state index contributed by atoms with van der Waals surface area (Å²) >= 11 is 0. The van der Waals surface area contributed by atoms with Crippen molar-refractivity contribution in [1.29, 1.82) is 0 Å². The molecule has 0 amide bonds. The molecule has 1 N–H and O–H groups in total. The Hall–Kier alpha value is -0.900. The summed E-state index contributed by atoms with van der Waals surface area (Å²) in [6, 6.07) is 9.91. The number of hydrogen-bond donors (Lipinski definition) is 1. The zero-order valence-electron chi connectivity index (χ0n) is 7.39. The van der Waals surface area contributed by atoms with Gasteiger partial charge in [-0.25, -0.2) is 0 Å². The number of rotatable bonds is 1. The van der Waals surface area contributed by atoms with E-state index >= 15 is 0 Å². The molecule has 0 aliphatic carbocycles.